The second-order valence-electron chi connectivity index (χ2n) is 4.21. The standard InChI is InChI=1S/C13H27O/c1-3-5-7-8-10-12-13(14)11-9-6-4-2/h13-14H,2-12H2,1H3. The highest BCUT2D eigenvalue weighted by molar-refractivity contribution is 4.57. The van der Waals surface area contributed by atoms with E-state index in [1.54, 1.807) is 0 Å². The lowest BCUT2D eigenvalue weighted by molar-refractivity contribution is 0.147. The number of aliphatic hydroxyl groups excluding tert-OH is 1. The van der Waals surface area contributed by atoms with Crippen molar-refractivity contribution in [2.45, 2.75) is 77.2 Å². The molecule has 1 heteroatoms. The molecule has 1 nitrogen and oxygen atoms in total. The van der Waals surface area contributed by atoms with Gasteiger partial charge in [-0.15, -0.1) is 0 Å². The quantitative estimate of drug-likeness (QED) is 0.525. The lowest BCUT2D eigenvalue weighted by Gasteiger charge is -2.09. The Morgan fingerprint density at radius 3 is 2.07 bits per heavy atom. The molecule has 0 aliphatic carbocycles. The third kappa shape index (κ3) is 10.0. The second kappa shape index (κ2) is 11.0. The van der Waals surface area contributed by atoms with E-state index in [1.165, 1.54) is 32.1 Å². The molecule has 0 amide bonds. The highest BCUT2D eigenvalue weighted by Crippen LogP contribution is 2.11. The average molecular weight is 199 g/mol. The van der Waals surface area contributed by atoms with E-state index < -0.39 is 0 Å². The molecular weight excluding hydrogens is 172 g/mol. The van der Waals surface area contributed by atoms with Gasteiger partial charge in [-0.2, -0.15) is 0 Å². The smallest absolute Gasteiger partial charge is 0.0540 e. The molecule has 0 aliphatic heterocycles. The number of hydrogen-bond acceptors (Lipinski definition) is 1. The Hall–Kier alpha value is -0.0400. The fourth-order valence-electron chi connectivity index (χ4n) is 1.68. The first-order chi connectivity index (χ1) is 6.81. The zero-order valence-electron chi connectivity index (χ0n) is 9.80. The molecule has 0 rings (SSSR count). The van der Waals surface area contributed by atoms with Gasteiger partial charge in [0.25, 0.3) is 0 Å². The number of rotatable bonds is 10. The summed E-state index contributed by atoms with van der Waals surface area (Å²) < 4.78 is 0. The van der Waals surface area contributed by atoms with Crippen molar-refractivity contribution in [3.63, 3.8) is 0 Å². The van der Waals surface area contributed by atoms with Gasteiger partial charge in [0.05, 0.1) is 6.10 Å². The summed E-state index contributed by atoms with van der Waals surface area (Å²) in [5.74, 6) is 0. The maximum Gasteiger partial charge on any atom is 0.0540 e. The fourth-order valence-corrected chi connectivity index (χ4v) is 1.68. The molecule has 0 spiro atoms. The summed E-state index contributed by atoms with van der Waals surface area (Å²) >= 11 is 0. The SMILES string of the molecule is [CH2]CCCCC(O)CCCCCCC. The van der Waals surface area contributed by atoms with Gasteiger partial charge in [0.1, 0.15) is 0 Å². The first kappa shape index (κ1) is 14.0. The molecule has 1 atom stereocenters. The van der Waals surface area contributed by atoms with Crippen LogP contribution in [-0.4, -0.2) is 11.2 Å². The molecule has 0 aliphatic rings. The summed E-state index contributed by atoms with van der Waals surface area (Å²) in [6.07, 6.45) is 11.7. The van der Waals surface area contributed by atoms with Crippen LogP contribution in [0.5, 0.6) is 0 Å². The Balaban J connectivity index is 3.06. The van der Waals surface area contributed by atoms with Gasteiger partial charge in [-0.3, -0.25) is 0 Å². The van der Waals surface area contributed by atoms with Gasteiger partial charge in [0.15, 0.2) is 0 Å². The average Bonchev–Trinajstić information content (AvgIpc) is 2.18. The summed E-state index contributed by atoms with van der Waals surface area (Å²) in [5, 5.41) is 9.61. The molecule has 0 heterocycles. The third-order valence-electron chi connectivity index (χ3n) is 2.68. The van der Waals surface area contributed by atoms with Crippen LogP contribution in [0.4, 0.5) is 0 Å². The van der Waals surface area contributed by atoms with E-state index in [0.29, 0.717) is 0 Å². The number of hydrogen-bond donors (Lipinski definition) is 1. The molecule has 1 N–H and O–H groups in total. The number of aliphatic hydroxyl groups is 1. The minimum absolute atomic E-state index is 0.0526. The maximum absolute atomic E-state index is 9.61. The van der Waals surface area contributed by atoms with Crippen LogP contribution in [0.25, 0.3) is 0 Å². The fraction of sp³-hybridized carbons (Fsp3) is 0.923. The first-order valence-electron chi connectivity index (χ1n) is 6.28. The van der Waals surface area contributed by atoms with Gasteiger partial charge in [-0.1, -0.05) is 65.2 Å². The summed E-state index contributed by atoms with van der Waals surface area (Å²) in [4.78, 5) is 0. The molecule has 1 unspecified atom stereocenters. The van der Waals surface area contributed by atoms with Crippen LogP contribution in [0, 0.1) is 6.92 Å². The first-order valence-corrected chi connectivity index (χ1v) is 6.28. The van der Waals surface area contributed by atoms with E-state index in [1.807, 2.05) is 0 Å². The second-order valence-corrected chi connectivity index (χ2v) is 4.21. The summed E-state index contributed by atoms with van der Waals surface area (Å²) in [6.45, 7) is 6.03. The van der Waals surface area contributed by atoms with Gasteiger partial charge < -0.3 is 5.11 Å². The van der Waals surface area contributed by atoms with Crippen molar-refractivity contribution in [1.29, 1.82) is 0 Å². The summed E-state index contributed by atoms with van der Waals surface area (Å²) in [7, 11) is 0. The predicted octanol–water partition coefficient (Wildman–Crippen LogP) is 4.10. The lowest BCUT2D eigenvalue weighted by Crippen LogP contribution is -2.05. The van der Waals surface area contributed by atoms with E-state index in [4.69, 9.17) is 0 Å². The molecule has 0 aromatic carbocycles. The molecule has 0 bridgehead atoms. The summed E-state index contributed by atoms with van der Waals surface area (Å²) in [6, 6.07) is 0. The molecular formula is C13H27O. The van der Waals surface area contributed by atoms with Crippen molar-refractivity contribution in [3.8, 4) is 0 Å². The normalized spacial score (nSPS) is 13.1. The van der Waals surface area contributed by atoms with Gasteiger partial charge in [0.2, 0.25) is 0 Å². The zero-order chi connectivity index (χ0) is 10.6. The van der Waals surface area contributed by atoms with Crippen LogP contribution >= 0.6 is 0 Å². The largest absolute Gasteiger partial charge is 0.393 e. The Kier molecular flexibility index (Phi) is 11.0. The molecule has 0 aromatic rings. The molecule has 14 heavy (non-hydrogen) atoms. The minimum Gasteiger partial charge on any atom is -0.393 e. The van der Waals surface area contributed by atoms with Crippen LogP contribution in [0.1, 0.15) is 71.1 Å². The van der Waals surface area contributed by atoms with E-state index in [9.17, 15) is 5.11 Å². The molecule has 85 valence electrons. The van der Waals surface area contributed by atoms with Crippen LogP contribution in [0.3, 0.4) is 0 Å². The topological polar surface area (TPSA) is 20.2 Å². The molecule has 0 aromatic heterocycles. The van der Waals surface area contributed by atoms with Crippen molar-refractivity contribution < 1.29 is 5.11 Å². The van der Waals surface area contributed by atoms with Crippen LogP contribution in [-0.2, 0) is 0 Å². The Morgan fingerprint density at radius 1 is 0.929 bits per heavy atom. The highest BCUT2D eigenvalue weighted by atomic mass is 16.3. The van der Waals surface area contributed by atoms with E-state index in [0.717, 1.165) is 32.1 Å². The summed E-state index contributed by atoms with van der Waals surface area (Å²) in [5.41, 5.74) is 0. The lowest BCUT2D eigenvalue weighted by atomic mass is 10.0. The van der Waals surface area contributed by atoms with Crippen molar-refractivity contribution >= 4 is 0 Å². The van der Waals surface area contributed by atoms with Gasteiger partial charge in [0, 0.05) is 0 Å². The Bertz CT molecular complexity index is 101. The highest BCUT2D eigenvalue weighted by Gasteiger charge is 2.02. The van der Waals surface area contributed by atoms with Crippen molar-refractivity contribution in [1.82, 2.24) is 0 Å². The minimum atomic E-state index is -0.0526. The molecule has 0 fully saturated rings. The van der Waals surface area contributed by atoms with Gasteiger partial charge >= 0.3 is 0 Å². The van der Waals surface area contributed by atoms with Crippen molar-refractivity contribution in [2.75, 3.05) is 0 Å². The zero-order valence-corrected chi connectivity index (χ0v) is 9.80. The monoisotopic (exact) mass is 199 g/mol. The van der Waals surface area contributed by atoms with Crippen LogP contribution in [0.2, 0.25) is 0 Å². The van der Waals surface area contributed by atoms with Crippen LogP contribution in [0.15, 0.2) is 0 Å². The Morgan fingerprint density at radius 2 is 1.50 bits per heavy atom. The van der Waals surface area contributed by atoms with E-state index in [-0.39, 0.29) is 6.10 Å². The maximum atomic E-state index is 9.61. The molecule has 1 radical (unpaired) electrons. The predicted molar refractivity (Wildman–Crippen MR) is 63.2 cm³/mol. The van der Waals surface area contributed by atoms with Crippen molar-refractivity contribution in [3.05, 3.63) is 6.92 Å². The third-order valence-corrected chi connectivity index (χ3v) is 2.68. The van der Waals surface area contributed by atoms with Crippen LogP contribution < -0.4 is 0 Å². The van der Waals surface area contributed by atoms with Gasteiger partial charge in [-0.05, 0) is 12.8 Å². The number of unbranched alkanes of at least 4 members (excludes halogenated alkanes) is 6. The van der Waals surface area contributed by atoms with E-state index >= 15 is 0 Å². The molecule has 0 saturated heterocycles. The van der Waals surface area contributed by atoms with Gasteiger partial charge in [-0.25, -0.2) is 0 Å². The Labute approximate surface area is 89.9 Å². The van der Waals surface area contributed by atoms with E-state index in [2.05, 4.69) is 13.8 Å². The van der Waals surface area contributed by atoms with Crippen molar-refractivity contribution in [2.24, 2.45) is 0 Å². The molecule has 0 saturated carbocycles.